The summed E-state index contributed by atoms with van der Waals surface area (Å²) in [5, 5.41) is 11.9. The maximum atomic E-state index is 12.2. The highest BCUT2D eigenvalue weighted by Crippen LogP contribution is 2.25. The van der Waals surface area contributed by atoms with Crippen LogP contribution >= 0.6 is 0 Å². The number of carboxylic acids is 1. The van der Waals surface area contributed by atoms with Gasteiger partial charge in [0.15, 0.2) is 0 Å². The predicted molar refractivity (Wildman–Crippen MR) is 77.2 cm³/mol. The van der Waals surface area contributed by atoms with Crippen LogP contribution in [0.1, 0.15) is 25.7 Å². The van der Waals surface area contributed by atoms with E-state index < -0.39 is 5.97 Å². The van der Waals surface area contributed by atoms with Crippen LogP contribution in [0.25, 0.3) is 0 Å². The fourth-order valence-electron chi connectivity index (χ4n) is 2.52. The van der Waals surface area contributed by atoms with Gasteiger partial charge in [-0.1, -0.05) is 0 Å². The monoisotopic (exact) mass is 302 g/mol. The predicted octanol–water partition coefficient (Wildman–Crippen LogP) is 0.934. The molecular formula is C14H26N2O5. The number of aliphatic carboxylic acids is 1. The molecule has 2 N–H and O–H groups in total. The molecule has 2 unspecified atom stereocenters. The summed E-state index contributed by atoms with van der Waals surface area (Å²) >= 11 is 0. The lowest BCUT2D eigenvalue weighted by Gasteiger charge is -2.25. The van der Waals surface area contributed by atoms with E-state index in [0.29, 0.717) is 39.1 Å². The van der Waals surface area contributed by atoms with Gasteiger partial charge in [0.1, 0.15) is 0 Å². The molecule has 0 aromatic rings. The molecule has 0 aromatic carbocycles. The molecule has 0 saturated heterocycles. The SMILES string of the molecule is COCCCN(CCOC)C(=O)NC1CCC(C(=O)O)C1. The molecular weight excluding hydrogens is 276 g/mol. The lowest BCUT2D eigenvalue weighted by molar-refractivity contribution is -0.141. The average molecular weight is 302 g/mol. The number of nitrogens with zero attached hydrogens (tertiary/aromatic N) is 1. The number of carbonyl (C=O) groups is 2. The zero-order chi connectivity index (χ0) is 15.7. The number of rotatable bonds is 9. The van der Waals surface area contributed by atoms with Gasteiger partial charge in [-0.2, -0.15) is 0 Å². The van der Waals surface area contributed by atoms with Crippen LogP contribution in [-0.2, 0) is 14.3 Å². The van der Waals surface area contributed by atoms with Crippen LogP contribution in [0.15, 0.2) is 0 Å². The van der Waals surface area contributed by atoms with Gasteiger partial charge in [0.05, 0.1) is 12.5 Å². The molecule has 0 spiro atoms. The maximum Gasteiger partial charge on any atom is 0.317 e. The van der Waals surface area contributed by atoms with Crippen LogP contribution in [-0.4, -0.2) is 68.6 Å². The van der Waals surface area contributed by atoms with Gasteiger partial charge in [-0.05, 0) is 25.7 Å². The maximum absolute atomic E-state index is 12.2. The second-order valence-corrected chi connectivity index (χ2v) is 5.32. The van der Waals surface area contributed by atoms with E-state index in [9.17, 15) is 9.59 Å². The Bertz CT molecular complexity index is 337. The quantitative estimate of drug-likeness (QED) is 0.619. The fraction of sp³-hybridized carbons (Fsp3) is 0.857. The summed E-state index contributed by atoms with van der Waals surface area (Å²) < 4.78 is 10.0. The average Bonchev–Trinajstić information content (AvgIpc) is 2.91. The van der Waals surface area contributed by atoms with Gasteiger partial charge in [-0.25, -0.2) is 4.79 Å². The van der Waals surface area contributed by atoms with Crippen LogP contribution in [0, 0.1) is 5.92 Å². The van der Waals surface area contributed by atoms with Crippen molar-refractivity contribution >= 4 is 12.0 Å². The number of carboxylic acid groups (broad SMARTS) is 1. The van der Waals surface area contributed by atoms with Gasteiger partial charge in [0.25, 0.3) is 0 Å². The summed E-state index contributed by atoms with van der Waals surface area (Å²) in [5.74, 6) is -1.11. The molecule has 0 bridgehead atoms. The van der Waals surface area contributed by atoms with Gasteiger partial charge in [0.2, 0.25) is 0 Å². The van der Waals surface area contributed by atoms with Crippen molar-refractivity contribution in [2.75, 3.05) is 40.5 Å². The number of methoxy groups -OCH3 is 2. The minimum Gasteiger partial charge on any atom is -0.481 e. The number of carbonyl (C=O) groups excluding carboxylic acids is 1. The van der Waals surface area contributed by atoms with Crippen LogP contribution in [0.2, 0.25) is 0 Å². The van der Waals surface area contributed by atoms with E-state index in [2.05, 4.69) is 5.32 Å². The molecule has 1 saturated carbocycles. The Morgan fingerprint density at radius 2 is 1.90 bits per heavy atom. The Kier molecular flexibility index (Phi) is 8.07. The first-order chi connectivity index (χ1) is 10.1. The number of amides is 2. The number of hydrogen-bond donors (Lipinski definition) is 2. The van der Waals surface area contributed by atoms with Crippen molar-refractivity contribution in [1.82, 2.24) is 10.2 Å². The van der Waals surface area contributed by atoms with Crippen molar-refractivity contribution < 1.29 is 24.2 Å². The molecule has 21 heavy (non-hydrogen) atoms. The molecule has 1 rings (SSSR count). The van der Waals surface area contributed by atoms with Crippen molar-refractivity contribution in [3.05, 3.63) is 0 Å². The Morgan fingerprint density at radius 3 is 2.48 bits per heavy atom. The fourth-order valence-corrected chi connectivity index (χ4v) is 2.52. The van der Waals surface area contributed by atoms with E-state index in [4.69, 9.17) is 14.6 Å². The Balaban J connectivity index is 2.42. The van der Waals surface area contributed by atoms with Gasteiger partial charge in [-0.3, -0.25) is 4.79 Å². The summed E-state index contributed by atoms with van der Waals surface area (Å²) in [6.45, 7) is 2.18. The van der Waals surface area contributed by atoms with Crippen molar-refractivity contribution in [3.63, 3.8) is 0 Å². The molecule has 7 nitrogen and oxygen atoms in total. The summed E-state index contributed by atoms with van der Waals surface area (Å²) in [6.07, 6.45) is 2.62. The topological polar surface area (TPSA) is 88.1 Å². The third kappa shape index (κ3) is 6.31. The van der Waals surface area contributed by atoms with Crippen LogP contribution in [0.4, 0.5) is 4.79 Å². The third-order valence-electron chi connectivity index (χ3n) is 3.74. The van der Waals surface area contributed by atoms with Crippen LogP contribution in [0.3, 0.4) is 0 Å². The zero-order valence-electron chi connectivity index (χ0n) is 12.8. The van der Waals surface area contributed by atoms with E-state index in [1.807, 2.05) is 0 Å². The first kappa shape index (κ1) is 17.7. The smallest absolute Gasteiger partial charge is 0.317 e. The summed E-state index contributed by atoms with van der Waals surface area (Å²) in [5.41, 5.74) is 0. The molecule has 2 atom stereocenters. The number of nitrogens with one attached hydrogen (secondary N) is 1. The Labute approximate surface area is 125 Å². The standard InChI is InChI=1S/C14H26N2O5/c1-20-8-3-6-16(7-9-21-2)14(19)15-12-5-4-11(10-12)13(17)18/h11-12H,3-10H2,1-2H3,(H,15,19)(H,17,18). The van der Waals surface area contributed by atoms with Crippen molar-refractivity contribution in [2.45, 2.75) is 31.7 Å². The van der Waals surface area contributed by atoms with E-state index in [1.165, 1.54) is 0 Å². The Hall–Kier alpha value is -1.34. The van der Waals surface area contributed by atoms with E-state index in [0.717, 1.165) is 12.8 Å². The van der Waals surface area contributed by atoms with Gasteiger partial charge in [0, 0.05) is 40.0 Å². The first-order valence-electron chi connectivity index (χ1n) is 7.34. The minimum atomic E-state index is -0.775. The Morgan fingerprint density at radius 1 is 1.19 bits per heavy atom. The van der Waals surface area contributed by atoms with Crippen molar-refractivity contribution in [1.29, 1.82) is 0 Å². The lowest BCUT2D eigenvalue weighted by atomic mass is 10.1. The molecule has 122 valence electrons. The highest BCUT2D eigenvalue weighted by atomic mass is 16.5. The molecule has 0 radical (unpaired) electrons. The molecule has 1 aliphatic carbocycles. The van der Waals surface area contributed by atoms with E-state index in [1.54, 1.807) is 19.1 Å². The van der Waals surface area contributed by atoms with Crippen molar-refractivity contribution in [3.8, 4) is 0 Å². The summed E-state index contributed by atoms with van der Waals surface area (Å²) in [4.78, 5) is 24.9. The highest BCUT2D eigenvalue weighted by molar-refractivity contribution is 5.75. The normalized spacial score (nSPS) is 21.2. The molecule has 0 aromatic heterocycles. The number of hydrogen-bond acceptors (Lipinski definition) is 4. The minimum absolute atomic E-state index is 0.0499. The van der Waals surface area contributed by atoms with Gasteiger partial charge >= 0.3 is 12.0 Å². The summed E-state index contributed by atoms with van der Waals surface area (Å²) in [7, 11) is 3.23. The molecule has 2 amide bonds. The molecule has 7 heteroatoms. The van der Waals surface area contributed by atoms with Gasteiger partial charge < -0.3 is 24.8 Å². The molecule has 1 fully saturated rings. The lowest BCUT2D eigenvalue weighted by Crippen LogP contribution is -2.46. The van der Waals surface area contributed by atoms with Crippen molar-refractivity contribution in [2.24, 2.45) is 5.92 Å². The zero-order valence-corrected chi connectivity index (χ0v) is 12.8. The van der Waals surface area contributed by atoms with Crippen LogP contribution < -0.4 is 5.32 Å². The second kappa shape index (κ2) is 9.57. The second-order valence-electron chi connectivity index (χ2n) is 5.32. The molecule has 1 aliphatic rings. The van der Waals surface area contributed by atoms with Gasteiger partial charge in [-0.15, -0.1) is 0 Å². The number of ether oxygens (including phenoxy) is 2. The highest BCUT2D eigenvalue weighted by Gasteiger charge is 2.31. The largest absolute Gasteiger partial charge is 0.481 e. The molecule has 0 heterocycles. The molecule has 0 aliphatic heterocycles. The number of urea groups is 1. The first-order valence-corrected chi connectivity index (χ1v) is 7.34. The van der Waals surface area contributed by atoms with Crippen LogP contribution in [0.5, 0.6) is 0 Å². The van der Waals surface area contributed by atoms with E-state index in [-0.39, 0.29) is 18.0 Å². The third-order valence-corrected chi connectivity index (χ3v) is 3.74. The summed E-state index contributed by atoms with van der Waals surface area (Å²) in [6, 6.07) is -0.203. The van der Waals surface area contributed by atoms with E-state index >= 15 is 0 Å².